The second-order valence-electron chi connectivity index (χ2n) is 5.04. The van der Waals surface area contributed by atoms with Gasteiger partial charge in [-0.05, 0) is 53.5 Å². The fourth-order valence-corrected chi connectivity index (χ4v) is 2.46. The molecule has 0 atom stereocenters. The first-order valence-corrected chi connectivity index (χ1v) is 7.45. The monoisotopic (exact) mass is 345 g/mol. The first-order valence-electron chi connectivity index (χ1n) is 6.66. The third-order valence-corrected chi connectivity index (χ3v) is 3.57. The van der Waals surface area contributed by atoms with E-state index in [0.29, 0.717) is 17.8 Å². The number of hydrogen-bond donors (Lipinski definition) is 1. The zero-order chi connectivity index (χ0) is 15.4. The zero-order valence-electron chi connectivity index (χ0n) is 11.9. The minimum Gasteiger partial charge on any atom is -0.347 e. The first kappa shape index (κ1) is 15.3. The van der Waals surface area contributed by atoms with Gasteiger partial charge in [-0.15, -0.1) is 0 Å². The Morgan fingerprint density at radius 2 is 2.05 bits per heavy atom. The van der Waals surface area contributed by atoms with Gasteiger partial charge in [-0.25, -0.2) is 0 Å². The van der Waals surface area contributed by atoms with Crippen molar-refractivity contribution < 1.29 is 4.79 Å². The van der Waals surface area contributed by atoms with Gasteiger partial charge in [-0.3, -0.25) is 4.79 Å². The van der Waals surface area contributed by atoms with Gasteiger partial charge < -0.3 is 9.88 Å². The average Bonchev–Trinajstić information content (AvgIpc) is 2.87. The molecule has 0 saturated carbocycles. The maximum atomic E-state index is 12.3. The van der Waals surface area contributed by atoms with E-state index < -0.39 is 0 Å². The highest BCUT2D eigenvalue weighted by Gasteiger charge is 2.14. The summed E-state index contributed by atoms with van der Waals surface area (Å²) >= 11 is 3.40. The van der Waals surface area contributed by atoms with E-state index in [1.807, 2.05) is 42.8 Å². The van der Waals surface area contributed by atoms with Crippen LogP contribution in [0.2, 0.25) is 0 Å². The van der Waals surface area contributed by atoms with Crippen molar-refractivity contribution in [2.24, 2.45) is 0 Å². The lowest BCUT2D eigenvalue weighted by molar-refractivity contribution is 0.0940. The summed E-state index contributed by atoms with van der Waals surface area (Å²) in [4.78, 5) is 12.3. The van der Waals surface area contributed by atoms with E-state index in [0.717, 1.165) is 10.0 Å². The van der Waals surface area contributed by atoms with E-state index in [-0.39, 0.29) is 11.9 Å². The molecule has 1 amide bonds. The second-order valence-corrected chi connectivity index (χ2v) is 5.95. The molecule has 1 aromatic carbocycles. The number of rotatable bonds is 4. The van der Waals surface area contributed by atoms with Gasteiger partial charge in [0.15, 0.2) is 0 Å². The predicted molar refractivity (Wildman–Crippen MR) is 84.8 cm³/mol. The minimum atomic E-state index is -0.112. The summed E-state index contributed by atoms with van der Waals surface area (Å²) in [6, 6.07) is 11.3. The summed E-state index contributed by atoms with van der Waals surface area (Å²) in [5.41, 5.74) is 2.21. The molecule has 0 radical (unpaired) electrons. The Labute approximate surface area is 132 Å². The molecule has 0 saturated heterocycles. The highest BCUT2D eigenvalue weighted by atomic mass is 79.9. The topological polar surface area (TPSA) is 57.8 Å². The standard InChI is InChI=1S/C16H16BrN3O/c1-11(2)20-10-14(17)7-15(20)16(21)19-9-13-5-3-12(8-18)4-6-13/h3-7,10-11H,9H2,1-2H3,(H,19,21). The van der Waals surface area contributed by atoms with Gasteiger partial charge >= 0.3 is 0 Å². The molecule has 108 valence electrons. The molecule has 1 heterocycles. The number of aromatic nitrogens is 1. The molecule has 5 heteroatoms. The molecule has 4 nitrogen and oxygen atoms in total. The first-order chi connectivity index (χ1) is 10.0. The Balaban J connectivity index is 2.06. The second kappa shape index (κ2) is 6.59. The molecule has 0 aliphatic rings. The Morgan fingerprint density at radius 1 is 1.38 bits per heavy atom. The summed E-state index contributed by atoms with van der Waals surface area (Å²) < 4.78 is 2.82. The zero-order valence-corrected chi connectivity index (χ0v) is 13.5. The fourth-order valence-electron chi connectivity index (χ4n) is 2.02. The molecule has 21 heavy (non-hydrogen) atoms. The van der Waals surface area contributed by atoms with E-state index >= 15 is 0 Å². The van der Waals surface area contributed by atoms with Crippen molar-refractivity contribution in [3.8, 4) is 6.07 Å². The number of benzene rings is 1. The SMILES string of the molecule is CC(C)n1cc(Br)cc1C(=O)NCc1ccc(C#N)cc1. The van der Waals surface area contributed by atoms with Crippen LogP contribution in [0.1, 0.15) is 41.5 Å². The maximum absolute atomic E-state index is 12.3. The lowest BCUT2D eigenvalue weighted by atomic mass is 10.1. The van der Waals surface area contributed by atoms with E-state index in [4.69, 9.17) is 5.26 Å². The third-order valence-electron chi connectivity index (χ3n) is 3.14. The fraction of sp³-hybridized carbons (Fsp3) is 0.250. The number of carbonyl (C=O) groups is 1. The van der Waals surface area contributed by atoms with Crippen molar-refractivity contribution in [3.63, 3.8) is 0 Å². The molecule has 0 aliphatic carbocycles. The molecular formula is C16H16BrN3O. The Bertz CT molecular complexity index is 681. The van der Waals surface area contributed by atoms with E-state index in [2.05, 4.69) is 27.3 Å². The molecule has 0 unspecified atom stereocenters. The van der Waals surface area contributed by atoms with E-state index in [1.165, 1.54) is 0 Å². The number of nitrogens with zero attached hydrogens (tertiary/aromatic N) is 2. The summed E-state index contributed by atoms with van der Waals surface area (Å²) in [6.07, 6.45) is 1.90. The lowest BCUT2D eigenvalue weighted by Crippen LogP contribution is -2.25. The van der Waals surface area contributed by atoms with Crippen LogP contribution in [0.5, 0.6) is 0 Å². The van der Waals surface area contributed by atoms with Crippen LogP contribution in [0.3, 0.4) is 0 Å². The van der Waals surface area contributed by atoms with Crippen molar-refractivity contribution in [3.05, 3.63) is 57.8 Å². The molecular weight excluding hydrogens is 330 g/mol. The Kier molecular flexibility index (Phi) is 4.81. The van der Waals surface area contributed by atoms with Gasteiger partial charge in [-0.2, -0.15) is 5.26 Å². The average molecular weight is 346 g/mol. The highest BCUT2D eigenvalue weighted by molar-refractivity contribution is 9.10. The molecule has 1 N–H and O–H groups in total. The normalized spacial score (nSPS) is 10.4. The van der Waals surface area contributed by atoms with Gasteiger partial charge in [0.1, 0.15) is 5.69 Å². The van der Waals surface area contributed by atoms with Crippen molar-refractivity contribution in [2.45, 2.75) is 26.4 Å². The summed E-state index contributed by atoms with van der Waals surface area (Å²) in [5.74, 6) is -0.112. The number of amides is 1. The van der Waals surface area contributed by atoms with Gasteiger partial charge in [0.05, 0.1) is 11.6 Å². The van der Waals surface area contributed by atoms with Gasteiger partial charge in [0.25, 0.3) is 5.91 Å². The van der Waals surface area contributed by atoms with Crippen LogP contribution in [0, 0.1) is 11.3 Å². The van der Waals surface area contributed by atoms with Crippen LogP contribution in [-0.4, -0.2) is 10.5 Å². The minimum absolute atomic E-state index is 0.112. The molecule has 0 fully saturated rings. The molecule has 0 aliphatic heterocycles. The third kappa shape index (κ3) is 3.73. The molecule has 1 aromatic heterocycles. The number of halogens is 1. The van der Waals surface area contributed by atoms with Gasteiger partial charge in [0, 0.05) is 23.3 Å². The van der Waals surface area contributed by atoms with Crippen LogP contribution in [-0.2, 0) is 6.54 Å². The van der Waals surface area contributed by atoms with Crippen LogP contribution in [0.4, 0.5) is 0 Å². The van der Waals surface area contributed by atoms with Crippen LogP contribution in [0.25, 0.3) is 0 Å². The van der Waals surface area contributed by atoms with Crippen LogP contribution >= 0.6 is 15.9 Å². The van der Waals surface area contributed by atoms with E-state index in [1.54, 1.807) is 12.1 Å². The van der Waals surface area contributed by atoms with Gasteiger partial charge in [-0.1, -0.05) is 12.1 Å². The van der Waals surface area contributed by atoms with Gasteiger partial charge in [0.2, 0.25) is 0 Å². The van der Waals surface area contributed by atoms with Crippen LogP contribution in [0.15, 0.2) is 41.0 Å². The van der Waals surface area contributed by atoms with Crippen molar-refractivity contribution in [1.29, 1.82) is 5.26 Å². The van der Waals surface area contributed by atoms with Crippen LogP contribution < -0.4 is 5.32 Å². The summed E-state index contributed by atoms with van der Waals surface area (Å²) in [7, 11) is 0. The summed E-state index contributed by atoms with van der Waals surface area (Å²) in [5, 5.41) is 11.7. The molecule has 2 rings (SSSR count). The van der Waals surface area contributed by atoms with Crippen molar-refractivity contribution in [2.75, 3.05) is 0 Å². The predicted octanol–water partition coefficient (Wildman–Crippen LogP) is 3.63. The molecule has 0 bridgehead atoms. The maximum Gasteiger partial charge on any atom is 0.268 e. The smallest absolute Gasteiger partial charge is 0.268 e. The molecule has 2 aromatic rings. The Morgan fingerprint density at radius 3 is 2.62 bits per heavy atom. The molecule has 0 spiro atoms. The number of hydrogen-bond acceptors (Lipinski definition) is 2. The van der Waals surface area contributed by atoms with Crippen molar-refractivity contribution in [1.82, 2.24) is 9.88 Å². The number of nitrogens with one attached hydrogen (secondary N) is 1. The number of nitriles is 1. The summed E-state index contributed by atoms with van der Waals surface area (Å²) in [6.45, 7) is 4.50. The van der Waals surface area contributed by atoms with E-state index in [9.17, 15) is 4.79 Å². The largest absolute Gasteiger partial charge is 0.347 e. The van der Waals surface area contributed by atoms with Crippen molar-refractivity contribution >= 4 is 21.8 Å². The Hall–Kier alpha value is -2.06. The lowest BCUT2D eigenvalue weighted by Gasteiger charge is -2.12. The quantitative estimate of drug-likeness (QED) is 0.919. The highest BCUT2D eigenvalue weighted by Crippen LogP contribution is 2.19. The number of carbonyl (C=O) groups excluding carboxylic acids is 1.